The molecule has 1 atom stereocenters. The zero-order valence-corrected chi connectivity index (χ0v) is 14.6. The smallest absolute Gasteiger partial charge is 0.416 e. The van der Waals surface area contributed by atoms with Gasteiger partial charge in [-0.25, -0.2) is 9.59 Å². The zero-order valence-electron chi connectivity index (χ0n) is 14.6. The highest BCUT2D eigenvalue weighted by molar-refractivity contribution is 5.89. The van der Waals surface area contributed by atoms with Gasteiger partial charge in [-0.15, -0.1) is 0 Å². The minimum atomic E-state index is -4.53. The maximum Gasteiger partial charge on any atom is 0.416 e. The van der Waals surface area contributed by atoms with E-state index in [9.17, 15) is 22.8 Å². The van der Waals surface area contributed by atoms with Gasteiger partial charge < -0.3 is 14.4 Å². The molecule has 0 bridgehead atoms. The van der Waals surface area contributed by atoms with E-state index in [1.54, 1.807) is 20.8 Å². The van der Waals surface area contributed by atoms with E-state index in [1.807, 2.05) is 0 Å². The SMILES string of the molecule is CC(C)(C)OC(=O)N1CCC2(C1)OC(=O)Nc1ccc(C(F)(F)F)cc12. The zero-order chi connectivity index (χ0) is 19.3. The van der Waals surface area contributed by atoms with Crippen LogP contribution < -0.4 is 5.32 Å². The summed E-state index contributed by atoms with van der Waals surface area (Å²) in [6, 6.07) is 3.07. The lowest BCUT2D eigenvalue weighted by Crippen LogP contribution is -2.43. The van der Waals surface area contributed by atoms with Crippen molar-refractivity contribution in [2.45, 2.75) is 44.6 Å². The molecule has 142 valence electrons. The Labute approximate surface area is 148 Å². The third-order valence-corrected chi connectivity index (χ3v) is 4.25. The molecule has 2 aliphatic heterocycles. The van der Waals surface area contributed by atoms with Gasteiger partial charge >= 0.3 is 18.4 Å². The van der Waals surface area contributed by atoms with Gasteiger partial charge in [-0.2, -0.15) is 13.2 Å². The van der Waals surface area contributed by atoms with E-state index in [-0.39, 0.29) is 30.8 Å². The fourth-order valence-corrected chi connectivity index (χ4v) is 3.14. The number of carbonyl (C=O) groups is 2. The van der Waals surface area contributed by atoms with Crippen LogP contribution in [0.3, 0.4) is 0 Å². The minimum Gasteiger partial charge on any atom is -0.444 e. The number of hydrogen-bond donors (Lipinski definition) is 1. The lowest BCUT2D eigenvalue weighted by Gasteiger charge is -2.36. The van der Waals surface area contributed by atoms with Crippen molar-refractivity contribution in [2.24, 2.45) is 0 Å². The van der Waals surface area contributed by atoms with Crippen molar-refractivity contribution in [1.29, 1.82) is 0 Å². The summed E-state index contributed by atoms with van der Waals surface area (Å²) in [4.78, 5) is 25.5. The number of amides is 2. The Morgan fingerprint density at radius 1 is 1.31 bits per heavy atom. The van der Waals surface area contributed by atoms with E-state index in [1.165, 1.54) is 11.0 Å². The highest BCUT2D eigenvalue weighted by atomic mass is 19.4. The number of anilines is 1. The molecule has 9 heteroatoms. The normalized spacial score (nSPS) is 22.7. The molecule has 1 aromatic rings. The maximum atomic E-state index is 13.1. The topological polar surface area (TPSA) is 67.9 Å². The van der Waals surface area contributed by atoms with Crippen LogP contribution in [0, 0.1) is 0 Å². The van der Waals surface area contributed by atoms with Crippen LogP contribution >= 0.6 is 0 Å². The largest absolute Gasteiger partial charge is 0.444 e. The second kappa shape index (κ2) is 5.78. The van der Waals surface area contributed by atoms with Crippen molar-refractivity contribution in [3.05, 3.63) is 29.3 Å². The first kappa shape index (κ1) is 18.3. The molecule has 0 radical (unpaired) electrons. The molecule has 0 aromatic heterocycles. The van der Waals surface area contributed by atoms with Crippen LogP contribution in [0.25, 0.3) is 0 Å². The molecule has 0 saturated carbocycles. The molecule has 1 N–H and O–H groups in total. The van der Waals surface area contributed by atoms with Crippen molar-refractivity contribution in [3.63, 3.8) is 0 Å². The van der Waals surface area contributed by atoms with Crippen molar-refractivity contribution in [3.8, 4) is 0 Å². The maximum absolute atomic E-state index is 13.1. The van der Waals surface area contributed by atoms with Gasteiger partial charge in [0.15, 0.2) is 5.60 Å². The molecule has 1 saturated heterocycles. The number of halogens is 3. The van der Waals surface area contributed by atoms with Gasteiger partial charge in [-0.1, -0.05) is 0 Å². The standard InChI is InChI=1S/C17H19F3N2O4/c1-15(2,3)26-14(24)22-7-6-16(9-22)11-8-10(17(18,19)20)4-5-12(11)21-13(23)25-16/h4-5,8H,6-7,9H2,1-3H3,(H,21,23). The van der Waals surface area contributed by atoms with Gasteiger partial charge in [0.05, 0.1) is 17.8 Å². The second-order valence-corrected chi connectivity index (χ2v) is 7.42. The van der Waals surface area contributed by atoms with Gasteiger partial charge in [-0.3, -0.25) is 5.32 Å². The minimum absolute atomic E-state index is 0.0658. The Balaban J connectivity index is 1.94. The number of carbonyl (C=O) groups excluding carboxylic acids is 2. The monoisotopic (exact) mass is 372 g/mol. The summed E-state index contributed by atoms with van der Waals surface area (Å²) in [5.74, 6) is 0. The van der Waals surface area contributed by atoms with Gasteiger partial charge in [0, 0.05) is 18.5 Å². The number of benzene rings is 1. The number of hydrogen-bond acceptors (Lipinski definition) is 4. The number of alkyl halides is 3. The molecule has 2 aliphatic rings. The Morgan fingerprint density at radius 2 is 2.00 bits per heavy atom. The number of ether oxygens (including phenoxy) is 2. The lowest BCUT2D eigenvalue weighted by atomic mass is 9.88. The molecular formula is C17H19F3N2O4. The Kier molecular flexibility index (Phi) is 4.08. The summed E-state index contributed by atoms with van der Waals surface area (Å²) < 4.78 is 49.9. The average Bonchev–Trinajstić information content (AvgIpc) is 2.89. The van der Waals surface area contributed by atoms with Crippen LogP contribution in [-0.2, 0) is 21.3 Å². The van der Waals surface area contributed by atoms with E-state index in [0.29, 0.717) is 0 Å². The Bertz CT molecular complexity index is 757. The highest BCUT2D eigenvalue weighted by Crippen LogP contribution is 2.45. The van der Waals surface area contributed by atoms with E-state index in [0.717, 1.165) is 12.1 Å². The van der Waals surface area contributed by atoms with E-state index >= 15 is 0 Å². The summed E-state index contributed by atoms with van der Waals surface area (Å²) in [6.07, 6.45) is -5.70. The van der Waals surface area contributed by atoms with Crippen LogP contribution in [0.5, 0.6) is 0 Å². The summed E-state index contributed by atoms with van der Waals surface area (Å²) >= 11 is 0. The summed E-state index contributed by atoms with van der Waals surface area (Å²) in [6.45, 7) is 5.28. The number of fused-ring (bicyclic) bond motifs is 2. The molecule has 6 nitrogen and oxygen atoms in total. The fraction of sp³-hybridized carbons (Fsp3) is 0.529. The van der Waals surface area contributed by atoms with E-state index in [4.69, 9.17) is 9.47 Å². The van der Waals surface area contributed by atoms with Gasteiger partial charge in [0.2, 0.25) is 0 Å². The first-order chi connectivity index (χ1) is 11.9. The third-order valence-electron chi connectivity index (χ3n) is 4.25. The molecule has 1 spiro atoms. The average molecular weight is 372 g/mol. The number of nitrogens with one attached hydrogen (secondary N) is 1. The fourth-order valence-electron chi connectivity index (χ4n) is 3.14. The molecular weight excluding hydrogens is 353 g/mol. The van der Waals surface area contributed by atoms with E-state index in [2.05, 4.69) is 5.32 Å². The number of nitrogens with zero attached hydrogens (tertiary/aromatic N) is 1. The van der Waals surface area contributed by atoms with Crippen molar-refractivity contribution in [1.82, 2.24) is 4.90 Å². The molecule has 2 heterocycles. The first-order valence-corrected chi connectivity index (χ1v) is 8.09. The summed E-state index contributed by atoms with van der Waals surface area (Å²) in [5, 5.41) is 2.41. The van der Waals surface area contributed by atoms with Gasteiger partial charge in [0.25, 0.3) is 0 Å². The van der Waals surface area contributed by atoms with Crippen LogP contribution in [0.1, 0.15) is 38.3 Å². The Morgan fingerprint density at radius 3 is 2.62 bits per heavy atom. The van der Waals surface area contributed by atoms with Crippen molar-refractivity contribution >= 4 is 17.9 Å². The summed E-state index contributed by atoms with van der Waals surface area (Å²) in [5.41, 5.74) is -2.42. The van der Waals surface area contributed by atoms with Crippen LogP contribution in [0.4, 0.5) is 28.4 Å². The number of likely N-dealkylation sites (tertiary alicyclic amines) is 1. The molecule has 1 fully saturated rings. The first-order valence-electron chi connectivity index (χ1n) is 8.09. The molecule has 26 heavy (non-hydrogen) atoms. The van der Waals surface area contributed by atoms with Crippen molar-refractivity contribution < 1.29 is 32.2 Å². The van der Waals surface area contributed by atoms with Crippen LogP contribution in [-0.4, -0.2) is 35.8 Å². The van der Waals surface area contributed by atoms with Gasteiger partial charge in [0.1, 0.15) is 5.60 Å². The quantitative estimate of drug-likeness (QED) is 0.744. The second-order valence-electron chi connectivity index (χ2n) is 7.42. The molecule has 2 amide bonds. The predicted octanol–water partition coefficient (Wildman–Crippen LogP) is 4.10. The third kappa shape index (κ3) is 3.42. The van der Waals surface area contributed by atoms with Crippen LogP contribution in [0.15, 0.2) is 18.2 Å². The van der Waals surface area contributed by atoms with Crippen LogP contribution in [0.2, 0.25) is 0 Å². The molecule has 1 aromatic carbocycles. The molecule has 1 unspecified atom stereocenters. The molecule has 3 rings (SSSR count). The van der Waals surface area contributed by atoms with Crippen molar-refractivity contribution in [2.75, 3.05) is 18.4 Å². The van der Waals surface area contributed by atoms with Gasteiger partial charge in [-0.05, 0) is 39.0 Å². The highest BCUT2D eigenvalue weighted by Gasteiger charge is 2.50. The number of rotatable bonds is 0. The predicted molar refractivity (Wildman–Crippen MR) is 85.6 cm³/mol. The summed E-state index contributed by atoms with van der Waals surface area (Å²) in [7, 11) is 0. The Hall–Kier alpha value is -2.45. The molecule has 0 aliphatic carbocycles. The van der Waals surface area contributed by atoms with E-state index < -0.39 is 35.1 Å². The lowest BCUT2D eigenvalue weighted by molar-refractivity contribution is -0.137.